The molecule has 0 amide bonds. The lowest BCUT2D eigenvalue weighted by Crippen LogP contribution is -2.07. The Balaban J connectivity index is 1.26. The topological polar surface area (TPSA) is 48.5 Å². The van der Waals surface area contributed by atoms with Crippen molar-refractivity contribution in [2.45, 2.75) is 78.1 Å². The molecule has 306 valence electrons. The molecule has 0 aliphatic rings. The average Bonchev–Trinajstić information content (AvgIpc) is 3.85. The van der Waals surface area contributed by atoms with Crippen molar-refractivity contribution in [1.82, 2.24) is 24.1 Å². The van der Waals surface area contributed by atoms with Gasteiger partial charge in [0.05, 0.1) is 22.1 Å². The molecule has 0 radical (unpaired) electrons. The summed E-state index contributed by atoms with van der Waals surface area (Å²) in [6.45, 7) is 4.56. The van der Waals surface area contributed by atoms with Crippen LogP contribution in [0.4, 0.5) is 0 Å². The van der Waals surface area contributed by atoms with E-state index in [1.165, 1.54) is 95.1 Å². The number of fused-ring (bicyclic) bond motifs is 7. The number of benzene rings is 7. The van der Waals surface area contributed by atoms with Crippen molar-refractivity contribution in [2.75, 3.05) is 0 Å². The Morgan fingerprint density at radius 2 is 0.823 bits per heavy atom. The van der Waals surface area contributed by atoms with Crippen LogP contribution in [-0.4, -0.2) is 24.1 Å². The Labute approximate surface area is 364 Å². The molecule has 62 heavy (non-hydrogen) atoms. The molecule has 5 nitrogen and oxygen atoms in total. The minimum absolute atomic E-state index is 0.602. The number of aromatic nitrogens is 5. The van der Waals surface area contributed by atoms with Crippen LogP contribution in [0.25, 0.3) is 89.2 Å². The van der Waals surface area contributed by atoms with E-state index in [1.54, 1.807) is 0 Å². The van der Waals surface area contributed by atoms with E-state index >= 15 is 0 Å². The van der Waals surface area contributed by atoms with Gasteiger partial charge in [-0.2, -0.15) is 9.97 Å². The number of unbranched alkanes of at least 4 members (excludes halogenated alkanes) is 6. The van der Waals surface area contributed by atoms with Crippen molar-refractivity contribution in [2.24, 2.45) is 0 Å². The second-order valence-corrected chi connectivity index (χ2v) is 16.8. The van der Waals surface area contributed by atoms with E-state index in [0.29, 0.717) is 17.6 Å². The van der Waals surface area contributed by atoms with Gasteiger partial charge in [0, 0.05) is 38.4 Å². The maximum Gasteiger partial charge on any atom is 0.238 e. The first-order valence-electron chi connectivity index (χ1n) is 22.7. The first kappa shape index (κ1) is 39.3. The van der Waals surface area contributed by atoms with Gasteiger partial charge in [-0.15, -0.1) is 0 Å². The molecule has 0 unspecified atom stereocenters. The third-order valence-electron chi connectivity index (χ3n) is 12.5. The molecule has 10 rings (SSSR count). The molecule has 0 saturated heterocycles. The van der Waals surface area contributed by atoms with Crippen molar-refractivity contribution in [1.29, 1.82) is 0 Å². The lowest BCUT2D eigenvalue weighted by Gasteiger charge is -2.13. The summed E-state index contributed by atoms with van der Waals surface area (Å²) >= 11 is 0. The van der Waals surface area contributed by atoms with E-state index in [4.69, 9.17) is 15.0 Å². The highest BCUT2D eigenvalue weighted by atomic mass is 15.2. The van der Waals surface area contributed by atoms with Gasteiger partial charge in [0.15, 0.2) is 11.6 Å². The monoisotopic (exact) mass is 807 g/mol. The summed E-state index contributed by atoms with van der Waals surface area (Å²) < 4.78 is 4.80. The van der Waals surface area contributed by atoms with Gasteiger partial charge in [-0.25, -0.2) is 4.98 Å². The fourth-order valence-electron chi connectivity index (χ4n) is 9.32. The zero-order valence-electron chi connectivity index (χ0n) is 35.9. The molecule has 0 fully saturated rings. The number of hydrogen-bond donors (Lipinski definition) is 0. The standard InChI is InChI=1S/C57H53N5/c1-3-5-7-12-20-40-28-36-51-49(38-40)47-34-35-48-50-39-41(21-13-8-6-4-2)29-37-52(50)62(54(48)53(47)61(51)46-26-18-11-19-27-46)57-59-55(44-24-16-10-17-25-44)58-56(60-57)45-32-30-43(31-33-45)42-22-14-9-15-23-42/h9-11,14-19,22-39H,3-8,12-13,20-21H2,1-2H3. The van der Waals surface area contributed by atoms with Crippen molar-refractivity contribution in [3.63, 3.8) is 0 Å². The van der Waals surface area contributed by atoms with E-state index < -0.39 is 0 Å². The zero-order valence-corrected chi connectivity index (χ0v) is 35.9. The van der Waals surface area contributed by atoms with Gasteiger partial charge in [-0.3, -0.25) is 4.57 Å². The Morgan fingerprint density at radius 1 is 0.371 bits per heavy atom. The molecular weight excluding hydrogens is 755 g/mol. The molecule has 10 aromatic rings. The summed E-state index contributed by atoms with van der Waals surface area (Å²) in [6.07, 6.45) is 12.1. The Kier molecular flexibility index (Phi) is 11.2. The maximum absolute atomic E-state index is 5.42. The summed E-state index contributed by atoms with van der Waals surface area (Å²) in [4.78, 5) is 16.0. The Hall–Kier alpha value is -6.85. The summed E-state index contributed by atoms with van der Waals surface area (Å²) in [5.41, 5.74) is 12.6. The van der Waals surface area contributed by atoms with E-state index in [-0.39, 0.29) is 0 Å². The summed E-state index contributed by atoms with van der Waals surface area (Å²) in [7, 11) is 0. The lowest BCUT2D eigenvalue weighted by molar-refractivity contribution is 0.667. The number of nitrogens with zero attached hydrogens (tertiary/aromatic N) is 5. The van der Waals surface area contributed by atoms with Crippen molar-refractivity contribution in [3.8, 4) is 45.5 Å². The van der Waals surface area contributed by atoms with Crippen molar-refractivity contribution >= 4 is 43.6 Å². The second kappa shape index (κ2) is 17.6. The van der Waals surface area contributed by atoms with Crippen LogP contribution >= 0.6 is 0 Å². The maximum atomic E-state index is 5.42. The third kappa shape index (κ3) is 7.57. The predicted molar refractivity (Wildman–Crippen MR) is 261 cm³/mol. The molecule has 7 aromatic carbocycles. The summed E-state index contributed by atoms with van der Waals surface area (Å²) in [5, 5.41) is 4.90. The van der Waals surface area contributed by atoms with Crippen LogP contribution in [0.1, 0.15) is 76.3 Å². The molecule has 0 aliphatic carbocycles. The van der Waals surface area contributed by atoms with Crippen molar-refractivity contribution < 1.29 is 0 Å². The van der Waals surface area contributed by atoms with Gasteiger partial charge < -0.3 is 4.57 Å². The molecule has 0 atom stereocenters. The van der Waals surface area contributed by atoms with Gasteiger partial charge in [0.1, 0.15) is 0 Å². The van der Waals surface area contributed by atoms with Crippen LogP contribution in [0, 0.1) is 0 Å². The number of hydrogen-bond acceptors (Lipinski definition) is 3. The van der Waals surface area contributed by atoms with Crippen LogP contribution in [0.2, 0.25) is 0 Å². The number of aryl methyl sites for hydroxylation is 2. The second-order valence-electron chi connectivity index (χ2n) is 16.8. The molecule has 5 heteroatoms. The fourth-order valence-corrected chi connectivity index (χ4v) is 9.32. The van der Waals surface area contributed by atoms with Gasteiger partial charge in [0.25, 0.3) is 0 Å². The van der Waals surface area contributed by atoms with Gasteiger partial charge in [-0.1, -0.05) is 180 Å². The van der Waals surface area contributed by atoms with Crippen LogP contribution < -0.4 is 0 Å². The van der Waals surface area contributed by atoms with Gasteiger partial charge >= 0.3 is 0 Å². The minimum atomic E-state index is 0.602. The average molecular weight is 808 g/mol. The van der Waals surface area contributed by atoms with Crippen LogP contribution in [0.5, 0.6) is 0 Å². The van der Waals surface area contributed by atoms with Crippen LogP contribution in [0.3, 0.4) is 0 Å². The molecule has 0 N–H and O–H groups in total. The quantitative estimate of drug-likeness (QED) is 0.0970. The van der Waals surface area contributed by atoms with E-state index in [9.17, 15) is 0 Å². The minimum Gasteiger partial charge on any atom is -0.307 e. The lowest BCUT2D eigenvalue weighted by atomic mass is 10.0. The molecule has 3 heterocycles. The first-order valence-corrected chi connectivity index (χ1v) is 22.7. The Morgan fingerprint density at radius 3 is 1.37 bits per heavy atom. The Bertz CT molecular complexity index is 3130. The molecule has 3 aromatic heterocycles. The molecule has 0 aliphatic heterocycles. The largest absolute Gasteiger partial charge is 0.307 e. The molecule has 0 spiro atoms. The third-order valence-corrected chi connectivity index (χ3v) is 12.5. The SMILES string of the molecule is CCCCCCc1ccc2c(c1)c1ccc3c4cc(CCCCCC)ccc4n(-c4nc(-c5ccccc5)nc(-c5ccc(-c6ccccc6)cc5)n4)c3c1n2-c1ccccc1. The highest BCUT2D eigenvalue weighted by Crippen LogP contribution is 2.42. The highest BCUT2D eigenvalue weighted by Gasteiger charge is 2.24. The van der Waals surface area contributed by atoms with Crippen molar-refractivity contribution in [3.05, 3.63) is 175 Å². The van der Waals surface area contributed by atoms with E-state index in [2.05, 4.69) is 181 Å². The highest BCUT2D eigenvalue weighted by molar-refractivity contribution is 6.23. The number of rotatable bonds is 15. The molecule has 0 bridgehead atoms. The van der Waals surface area contributed by atoms with Crippen LogP contribution in [-0.2, 0) is 12.8 Å². The first-order chi connectivity index (χ1) is 30.7. The normalized spacial score (nSPS) is 11.7. The summed E-state index contributed by atoms with van der Waals surface area (Å²) in [5.74, 6) is 1.88. The summed E-state index contributed by atoms with van der Waals surface area (Å²) in [6, 6.07) is 59.2. The molecule has 0 saturated carbocycles. The van der Waals surface area contributed by atoms with Gasteiger partial charge in [0.2, 0.25) is 5.95 Å². The van der Waals surface area contributed by atoms with Gasteiger partial charge in [-0.05, 0) is 84.3 Å². The predicted octanol–water partition coefficient (Wildman–Crippen LogP) is 15.3. The molecular formula is C57H53N5. The fraction of sp³-hybridized carbons (Fsp3) is 0.211. The number of para-hydroxylation sites is 1. The van der Waals surface area contributed by atoms with Crippen LogP contribution in [0.15, 0.2) is 164 Å². The smallest absolute Gasteiger partial charge is 0.238 e. The van der Waals surface area contributed by atoms with E-state index in [1.807, 2.05) is 6.07 Å². The zero-order chi connectivity index (χ0) is 41.8. The van der Waals surface area contributed by atoms with E-state index in [0.717, 1.165) is 51.8 Å².